The van der Waals surface area contributed by atoms with Gasteiger partial charge in [0.05, 0.1) is 0 Å². The molecule has 0 aliphatic carbocycles. The Labute approximate surface area is 123 Å². The molecule has 2 aromatic rings. The zero-order chi connectivity index (χ0) is 13.1. The van der Waals surface area contributed by atoms with Gasteiger partial charge in [-0.2, -0.15) is 0 Å². The Bertz CT molecular complexity index is 530. The Morgan fingerprint density at radius 1 is 0.895 bits per heavy atom. The monoisotopic (exact) mass is 315 g/mol. The summed E-state index contributed by atoms with van der Waals surface area (Å²) in [5, 5.41) is 0. The first-order chi connectivity index (χ1) is 9.33. The molecule has 19 heavy (non-hydrogen) atoms. The molecule has 1 fully saturated rings. The van der Waals surface area contributed by atoms with Gasteiger partial charge in [0.2, 0.25) is 0 Å². The van der Waals surface area contributed by atoms with Crippen LogP contribution in [0.2, 0.25) is 0 Å². The fourth-order valence-electron chi connectivity index (χ4n) is 2.87. The molecule has 1 nitrogen and oxygen atoms in total. The number of nitrogens with zero attached hydrogens (tertiary/aromatic N) is 1. The highest BCUT2D eigenvalue weighted by Gasteiger charge is 2.20. The summed E-state index contributed by atoms with van der Waals surface area (Å²) in [6.07, 6.45) is 2.48. The largest absolute Gasteiger partial charge is 0.371 e. The third-order valence-electron chi connectivity index (χ3n) is 3.94. The topological polar surface area (TPSA) is 3.24 Å². The summed E-state index contributed by atoms with van der Waals surface area (Å²) in [4.78, 5) is 2.49. The van der Waals surface area contributed by atoms with E-state index in [4.69, 9.17) is 0 Å². The lowest BCUT2D eigenvalue weighted by Gasteiger charge is -2.34. The van der Waals surface area contributed by atoms with E-state index in [-0.39, 0.29) is 0 Å². The zero-order valence-corrected chi connectivity index (χ0v) is 12.5. The molecule has 0 saturated carbocycles. The Hall–Kier alpha value is -1.28. The maximum absolute atomic E-state index is 3.57. The van der Waals surface area contributed by atoms with Crippen molar-refractivity contribution in [2.24, 2.45) is 0 Å². The van der Waals surface area contributed by atoms with Crippen molar-refractivity contribution >= 4 is 21.6 Å². The van der Waals surface area contributed by atoms with Gasteiger partial charge in [0.15, 0.2) is 0 Å². The van der Waals surface area contributed by atoms with Crippen molar-refractivity contribution in [2.75, 3.05) is 18.0 Å². The van der Waals surface area contributed by atoms with Gasteiger partial charge in [-0.25, -0.2) is 0 Å². The van der Waals surface area contributed by atoms with Crippen LogP contribution in [-0.2, 0) is 0 Å². The second-order valence-corrected chi connectivity index (χ2v) is 6.07. The number of rotatable bonds is 2. The molecule has 1 saturated heterocycles. The van der Waals surface area contributed by atoms with Crippen molar-refractivity contribution in [3.05, 3.63) is 64.6 Å². The van der Waals surface area contributed by atoms with E-state index in [1.165, 1.54) is 28.6 Å². The number of benzene rings is 2. The van der Waals surface area contributed by atoms with E-state index < -0.39 is 0 Å². The molecule has 0 bridgehead atoms. The van der Waals surface area contributed by atoms with Crippen LogP contribution in [0.25, 0.3) is 0 Å². The van der Waals surface area contributed by atoms with Crippen LogP contribution in [0.15, 0.2) is 59.1 Å². The van der Waals surface area contributed by atoms with E-state index in [1.807, 2.05) is 0 Å². The van der Waals surface area contributed by atoms with E-state index in [2.05, 4.69) is 75.4 Å². The molecule has 0 N–H and O–H groups in total. The second kappa shape index (κ2) is 5.79. The quantitative estimate of drug-likeness (QED) is 0.767. The smallest absolute Gasteiger partial charge is 0.0366 e. The summed E-state index contributed by atoms with van der Waals surface area (Å²) in [7, 11) is 0. The lowest BCUT2D eigenvalue weighted by molar-refractivity contribution is 0.505. The Morgan fingerprint density at radius 2 is 1.63 bits per heavy atom. The first-order valence-electron chi connectivity index (χ1n) is 6.88. The van der Waals surface area contributed by atoms with E-state index in [0.29, 0.717) is 5.92 Å². The molecule has 1 aliphatic rings. The van der Waals surface area contributed by atoms with E-state index in [9.17, 15) is 0 Å². The van der Waals surface area contributed by atoms with E-state index in [1.54, 1.807) is 0 Å². The number of hydrogen-bond donors (Lipinski definition) is 0. The van der Waals surface area contributed by atoms with Gasteiger partial charge in [0.25, 0.3) is 0 Å². The molecule has 0 unspecified atom stereocenters. The first kappa shape index (κ1) is 12.7. The Kier molecular flexibility index (Phi) is 3.88. The maximum atomic E-state index is 3.57. The third kappa shape index (κ3) is 3.01. The Balaban J connectivity index is 1.67. The van der Waals surface area contributed by atoms with Crippen LogP contribution in [0.3, 0.4) is 0 Å². The maximum Gasteiger partial charge on any atom is 0.0366 e. The van der Waals surface area contributed by atoms with Crippen LogP contribution >= 0.6 is 15.9 Å². The van der Waals surface area contributed by atoms with Crippen molar-refractivity contribution in [1.82, 2.24) is 0 Å². The highest BCUT2D eigenvalue weighted by Crippen LogP contribution is 2.31. The lowest BCUT2D eigenvalue weighted by atomic mass is 9.89. The minimum atomic E-state index is 0.706. The SMILES string of the molecule is Brc1cccc(C2CCN(c3ccccc3)CC2)c1. The second-order valence-electron chi connectivity index (χ2n) is 5.15. The molecule has 0 spiro atoms. The van der Waals surface area contributed by atoms with Gasteiger partial charge >= 0.3 is 0 Å². The summed E-state index contributed by atoms with van der Waals surface area (Å²) in [6.45, 7) is 2.31. The van der Waals surface area contributed by atoms with Gasteiger partial charge in [0, 0.05) is 23.2 Å². The number of para-hydroxylation sites is 1. The van der Waals surface area contributed by atoms with Crippen molar-refractivity contribution in [3.63, 3.8) is 0 Å². The number of hydrogen-bond acceptors (Lipinski definition) is 1. The van der Waals surface area contributed by atoms with E-state index in [0.717, 1.165) is 13.1 Å². The van der Waals surface area contributed by atoms with Gasteiger partial charge in [-0.3, -0.25) is 0 Å². The molecule has 98 valence electrons. The molecule has 1 heterocycles. The van der Waals surface area contributed by atoms with Gasteiger partial charge in [-0.1, -0.05) is 46.3 Å². The molecule has 0 radical (unpaired) electrons. The minimum Gasteiger partial charge on any atom is -0.371 e. The van der Waals surface area contributed by atoms with Crippen molar-refractivity contribution in [1.29, 1.82) is 0 Å². The molecule has 0 aromatic heterocycles. The van der Waals surface area contributed by atoms with Gasteiger partial charge in [-0.15, -0.1) is 0 Å². The molecular weight excluding hydrogens is 298 g/mol. The molecule has 2 heteroatoms. The zero-order valence-electron chi connectivity index (χ0n) is 10.9. The lowest BCUT2D eigenvalue weighted by Crippen LogP contribution is -2.32. The highest BCUT2D eigenvalue weighted by molar-refractivity contribution is 9.10. The van der Waals surface area contributed by atoms with Crippen LogP contribution in [0.4, 0.5) is 5.69 Å². The standard InChI is InChI=1S/C17H18BrN/c18-16-6-4-5-15(13-16)14-9-11-19(12-10-14)17-7-2-1-3-8-17/h1-8,13-14H,9-12H2. The number of anilines is 1. The van der Waals surface area contributed by atoms with Crippen LogP contribution in [-0.4, -0.2) is 13.1 Å². The average molecular weight is 316 g/mol. The van der Waals surface area contributed by atoms with Crippen molar-refractivity contribution < 1.29 is 0 Å². The minimum absolute atomic E-state index is 0.706. The molecule has 1 aliphatic heterocycles. The summed E-state index contributed by atoms with van der Waals surface area (Å²) in [5.41, 5.74) is 2.83. The van der Waals surface area contributed by atoms with Crippen LogP contribution in [0.1, 0.15) is 24.3 Å². The first-order valence-corrected chi connectivity index (χ1v) is 7.68. The summed E-state index contributed by atoms with van der Waals surface area (Å²) in [5.74, 6) is 0.706. The summed E-state index contributed by atoms with van der Waals surface area (Å²) >= 11 is 3.57. The molecule has 0 atom stereocenters. The normalized spacial score (nSPS) is 16.6. The van der Waals surface area contributed by atoms with Gasteiger partial charge < -0.3 is 4.90 Å². The van der Waals surface area contributed by atoms with Crippen LogP contribution in [0, 0.1) is 0 Å². The van der Waals surface area contributed by atoms with Crippen molar-refractivity contribution in [2.45, 2.75) is 18.8 Å². The van der Waals surface area contributed by atoms with E-state index >= 15 is 0 Å². The molecule has 2 aromatic carbocycles. The average Bonchev–Trinajstić information content (AvgIpc) is 2.48. The molecular formula is C17H18BrN. The highest BCUT2D eigenvalue weighted by atomic mass is 79.9. The Morgan fingerprint density at radius 3 is 2.32 bits per heavy atom. The van der Waals surface area contributed by atoms with Crippen molar-refractivity contribution in [3.8, 4) is 0 Å². The van der Waals surface area contributed by atoms with Gasteiger partial charge in [-0.05, 0) is 48.6 Å². The number of piperidine rings is 1. The summed E-state index contributed by atoms with van der Waals surface area (Å²) in [6, 6.07) is 19.5. The fraction of sp³-hybridized carbons (Fsp3) is 0.294. The predicted octanol–water partition coefficient (Wildman–Crippen LogP) is 4.83. The number of halogens is 1. The summed E-state index contributed by atoms with van der Waals surface area (Å²) < 4.78 is 1.19. The van der Waals surface area contributed by atoms with Crippen LogP contribution < -0.4 is 4.90 Å². The van der Waals surface area contributed by atoms with Gasteiger partial charge in [0.1, 0.15) is 0 Å². The van der Waals surface area contributed by atoms with Crippen LogP contribution in [0.5, 0.6) is 0 Å². The predicted molar refractivity (Wildman–Crippen MR) is 84.8 cm³/mol. The third-order valence-corrected chi connectivity index (χ3v) is 4.43. The molecule has 3 rings (SSSR count). The molecule has 0 amide bonds. The fourth-order valence-corrected chi connectivity index (χ4v) is 3.29.